The Morgan fingerprint density at radius 2 is 2.05 bits per heavy atom. The highest BCUT2D eigenvalue weighted by Gasteiger charge is 2.38. The first-order valence-corrected chi connectivity index (χ1v) is 7.17. The van der Waals surface area contributed by atoms with Crippen LogP contribution in [0.4, 0.5) is 0 Å². The molecule has 5 nitrogen and oxygen atoms in total. The maximum Gasteiger partial charge on any atom is 0.354 e. The smallest absolute Gasteiger partial charge is 0.354 e. The molecular weight excluding hydrogens is 256 g/mol. The first-order valence-electron chi connectivity index (χ1n) is 7.17. The zero-order valence-electron chi connectivity index (χ0n) is 11.3. The Morgan fingerprint density at radius 3 is 2.85 bits per heavy atom. The minimum atomic E-state index is -1.10. The van der Waals surface area contributed by atoms with Gasteiger partial charge < -0.3 is 10.0 Å². The first kappa shape index (κ1) is 13.1. The van der Waals surface area contributed by atoms with E-state index in [9.17, 15) is 9.59 Å². The molecule has 2 heterocycles. The van der Waals surface area contributed by atoms with Gasteiger partial charge in [0.2, 0.25) is 0 Å². The summed E-state index contributed by atoms with van der Waals surface area (Å²) in [5.41, 5.74) is 0.360. The minimum Gasteiger partial charge on any atom is -0.477 e. The molecule has 0 bridgehead atoms. The van der Waals surface area contributed by atoms with E-state index in [4.69, 9.17) is 5.11 Å². The molecule has 2 fully saturated rings. The number of carboxylic acid groups (broad SMARTS) is 1. The van der Waals surface area contributed by atoms with Crippen LogP contribution in [0.25, 0.3) is 0 Å². The van der Waals surface area contributed by atoms with E-state index in [1.165, 1.54) is 31.5 Å². The second-order valence-corrected chi connectivity index (χ2v) is 5.63. The van der Waals surface area contributed by atoms with Crippen molar-refractivity contribution in [2.45, 2.75) is 38.1 Å². The minimum absolute atomic E-state index is 0.0516. The second-order valence-electron chi connectivity index (χ2n) is 5.63. The summed E-state index contributed by atoms with van der Waals surface area (Å²) in [5.74, 6) is -0.519. The maximum atomic E-state index is 12.6. The molecule has 1 aromatic rings. The van der Waals surface area contributed by atoms with E-state index in [0.717, 1.165) is 19.4 Å². The maximum absolute atomic E-state index is 12.6. The zero-order valence-corrected chi connectivity index (χ0v) is 11.3. The molecular formula is C15H18N2O3. The van der Waals surface area contributed by atoms with Crippen LogP contribution >= 0.6 is 0 Å². The number of carboxylic acids is 1. The van der Waals surface area contributed by atoms with Gasteiger partial charge in [-0.05, 0) is 37.3 Å². The number of likely N-dealkylation sites (tertiary alicyclic amines) is 1. The highest BCUT2D eigenvalue weighted by atomic mass is 16.4. The van der Waals surface area contributed by atoms with Gasteiger partial charge in [0, 0.05) is 24.3 Å². The van der Waals surface area contributed by atoms with Gasteiger partial charge in [0.25, 0.3) is 5.91 Å². The van der Waals surface area contributed by atoms with Crippen LogP contribution in [0.15, 0.2) is 18.3 Å². The SMILES string of the molecule is O=C(O)c1cc(C(=O)N2CCC3CCCCC32)ccn1. The van der Waals surface area contributed by atoms with Gasteiger partial charge in [0.1, 0.15) is 5.69 Å². The monoisotopic (exact) mass is 274 g/mol. The number of hydrogen-bond acceptors (Lipinski definition) is 3. The van der Waals surface area contributed by atoms with Crippen LogP contribution in [-0.4, -0.2) is 39.5 Å². The van der Waals surface area contributed by atoms with Crippen LogP contribution in [0.3, 0.4) is 0 Å². The Balaban J connectivity index is 1.82. The van der Waals surface area contributed by atoms with E-state index in [0.29, 0.717) is 17.5 Å². The van der Waals surface area contributed by atoms with Gasteiger partial charge in [-0.2, -0.15) is 0 Å². The lowest BCUT2D eigenvalue weighted by Gasteiger charge is -2.31. The predicted octanol–water partition coefficient (Wildman–Crippen LogP) is 2.18. The quantitative estimate of drug-likeness (QED) is 0.897. The van der Waals surface area contributed by atoms with Crippen molar-refractivity contribution in [3.8, 4) is 0 Å². The molecule has 3 rings (SSSR count). The van der Waals surface area contributed by atoms with Crippen molar-refractivity contribution in [1.29, 1.82) is 0 Å². The number of carbonyl (C=O) groups is 2. The van der Waals surface area contributed by atoms with Crippen LogP contribution in [0.5, 0.6) is 0 Å². The third kappa shape index (κ3) is 2.28. The van der Waals surface area contributed by atoms with Gasteiger partial charge in [-0.1, -0.05) is 12.8 Å². The van der Waals surface area contributed by atoms with Gasteiger partial charge in [-0.25, -0.2) is 9.78 Å². The average Bonchev–Trinajstić information content (AvgIpc) is 2.90. The number of aromatic nitrogens is 1. The number of fused-ring (bicyclic) bond motifs is 1. The summed E-state index contributed by atoms with van der Waals surface area (Å²) >= 11 is 0. The standard InChI is InChI=1S/C15H18N2O3/c18-14(11-5-7-16-12(9-11)15(19)20)17-8-6-10-3-1-2-4-13(10)17/h5,7,9-10,13H,1-4,6,8H2,(H,19,20). The van der Waals surface area contributed by atoms with Crippen LogP contribution in [0, 0.1) is 5.92 Å². The summed E-state index contributed by atoms with van der Waals surface area (Å²) in [6, 6.07) is 3.32. The highest BCUT2D eigenvalue weighted by molar-refractivity contribution is 5.97. The third-order valence-electron chi connectivity index (χ3n) is 4.50. The van der Waals surface area contributed by atoms with Crippen LogP contribution in [-0.2, 0) is 0 Å². The number of pyridine rings is 1. The van der Waals surface area contributed by atoms with Crippen molar-refractivity contribution >= 4 is 11.9 Å². The fraction of sp³-hybridized carbons (Fsp3) is 0.533. The molecule has 2 unspecified atom stereocenters. The topological polar surface area (TPSA) is 70.5 Å². The van der Waals surface area contributed by atoms with Crippen LogP contribution in [0.2, 0.25) is 0 Å². The zero-order chi connectivity index (χ0) is 14.1. The summed E-state index contributed by atoms with van der Waals surface area (Å²) in [4.78, 5) is 29.2. The summed E-state index contributed by atoms with van der Waals surface area (Å²) in [6.07, 6.45) is 7.21. The molecule has 1 aliphatic carbocycles. The Kier molecular flexibility index (Phi) is 3.42. The Bertz CT molecular complexity index is 544. The molecule has 2 aliphatic rings. The van der Waals surface area contributed by atoms with Crippen LogP contribution < -0.4 is 0 Å². The predicted molar refractivity (Wildman–Crippen MR) is 72.6 cm³/mol. The summed E-state index contributed by atoms with van der Waals surface area (Å²) < 4.78 is 0. The van der Waals surface area contributed by atoms with Gasteiger partial charge in [0.05, 0.1) is 0 Å². The van der Waals surface area contributed by atoms with E-state index in [1.54, 1.807) is 6.07 Å². The van der Waals surface area contributed by atoms with Crippen molar-refractivity contribution in [2.75, 3.05) is 6.54 Å². The lowest BCUT2D eigenvalue weighted by atomic mass is 9.85. The number of hydrogen-bond donors (Lipinski definition) is 1. The number of aromatic carboxylic acids is 1. The first-order chi connectivity index (χ1) is 9.66. The third-order valence-corrected chi connectivity index (χ3v) is 4.50. The Labute approximate surface area is 117 Å². The molecule has 106 valence electrons. The molecule has 1 saturated heterocycles. The summed E-state index contributed by atoms with van der Waals surface area (Å²) in [7, 11) is 0. The largest absolute Gasteiger partial charge is 0.477 e. The molecule has 1 N–H and O–H groups in total. The van der Waals surface area contributed by atoms with Crippen LogP contribution in [0.1, 0.15) is 53.0 Å². The number of rotatable bonds is 2. The fourth-order valence-corrected chi connectivity index (χ4v) is 3.50. The molecule has 1 aliphatic heterocycles. The Morgan fingerprint density at radius 1 is 1.25 bits per heavy atom. The Hall–Kier alpha value is -1.91. The van der Waals surface area contributed by atoms with Crippen molar-refractivity contribution in [1.82, 2.24) is 9.88 Å². The molecule has 0 radical (unpaired) electrons. The van der Waals surface area contributed by atoms with Crippen molar-refractivity contribution in [2.24, 2.45) is 5.92 Å². The molecule has 1 saturated carbocycles. The molecule has 0 spiro atoms. The molecule has 2 atom stereocenters. The fourth-order valence-electron chi connectivity index (χ4n) is 3.50. The van der Waals surface area contributed by atoms with E-state index in [2.05, 4.69) is 4.98 Å². The number of nitrogens with zero attached hydrogens (tertiary/aromatic N) is 2. The molecule has 0 aromatic carbocycles. The second kappa shape index (κ2) is 5.23. The van der Waals surface area contributed by atoms with Crippen molar-refractivity contribution < 1.29 is 14.7 Å². The molecule has 20 heavy (non-hydrogen) atoms. The number of amides is 1. The lowest BCUT2D eigenvalue weighted by Crippen LogP contribution is -2.39. The van der Waals surface area contributed by atoms with Gasteiger partial charge >= 0.3 is 5.97 Å². The number of carbonyl (C=O) groups excluding carboxylic acids is 1. The van der Waals surface area contributed by atoms with Crippen molar-refractivity contribution in [3.05, 3.63) is 29.6 Å². The summed E-state index contributed by atoms with van der Waals surface area (Å²) in [5, 5.41) is 8.96. The highest BCUT2D eigenvalue weighted by Crippen LogP contribution is 2.36. The van der Waals surface area contributed by atoms with E-state index in [-0.39, 0.29) is 11.6 Å². The van der Waals surface area contributed by atoms with E-state index in [1.807, 2.05) is 4.90 Å². The molecule has 1 aromatic heterocycles. The summed E-state index contributed by atoms with van der Waals surface area (Å²) in [6.45, 7) is 0.791. The molecule has 1 amide bonds. The average molecular weight is 274 g/mol. The normalized spacial score (nSPS) is 25.3. The van der Waals surface area contributed by atoms with Crippen molar-refractivity contribution in [3.63, 3.8) is 0 Å². The van der Waals surface area contributed by atoms with Gasteiger partial charge in [-0.15, -0.1) is 0 Å². The van der Waals surface area contributed by atoms with Gasteiger partial charge in [0.15, 0.2) is 0 Å². The van der Waals surface area contributed by atoms with E-state index < -0.39 is 5.97 Å². The van der Waals surface area contributed by atoms with E-state index >= 15 is 0 Å². The van der Waals surface area contributed by atoms with Gasteiger partial charge in [-0.3, -0.25) is 4.79 Å². The lowest BCUT2D eigenvalue weighted by molar-refractivity contribution is 0.0689. The molecule has 5 heteroatoms.